The van der Waals surface area contributed by atoms with E-state index in [1.165, 1.54) is 9.13 Å². The minimum atomic E-state index is -0.536. The number of aromatic nitrogens is 3. The topological polar surface area (TPSA) is 77.2 Å². The summed E-state index contributed by atoms with van der Waals surface area (Å²) in [5, 5.41) is 0. The zero-order valence-electron chi connectivity index (χ0n) is 11.4. The van der Waals surface area contributed by atoms with Gasteiger partial charge in [0.2, 0.25) is 5.95 Å². The summed E-state index contributed by atoms with van der Waals surface area (Å²) in [6.07, 6.45) is 1.93. The summed E-state index contributed by atoms with van der Waals surface area (Å²) < 4.78 is 2.54. The van der Waals surface area contributed by atoms with Gasteiger partial charge < -0.3 is 4.90 Å². The molecule has 104 valence electrons. The fourth-order valence-electron chi connectivity index (χ4n) is 2.44. The Labute approximate surface area is 110 Å². The summed E-state index contributed by atoms with van der Waals surface area (Å²) in [4.78, 5) is 41.1. The molecule has 0 saturated heterocycles. The van der Waals surface area contributed by atoms with Crippen LogP contribution >= 0.6 is 0 Å². The van der Waals surface area contributed by atoms with Crippen LogP contribution < -0.4 is 16.3 Å². The van der Waals surface area contributed by atoms with E-state index in [4.69, 9.17) is 0 Å². The van der Waals surface area contributed by atoms with Crippen LogP contribution in [0.5, 0.6) is 0 Å². The number of anilines is 1. The average Bonchev–Trinajstić information content (AvgIpc) is 2.36. The van der Waals surface area contributed by atoms with Gasteiger partial charge in [-0.3, -0.25) is 9.36 Å². The van der Waals surface area contributed by atoms with Crippen LogP contribution in [0.3, 0.4) is 0 Å². The molecule has 0 spiro atoms. The number of hydrogen-bond acceptors (Lipinski definition) is 5. The van der Waals surface area contributed by atoms with Crippen molar-refractivity contribution >= 4 is 11.7 Å². The Morgan fingerprint density at radius 1 is 1.16 bits per heavy atom. The summed E-state index contributed by atoms with van der Waals surface area (Å²) >= 11 is 0. The van der Waals surface area contributed by atoms with Crippen molar-refractivity contribution in [2.75, 3.05) is 19.0 Å². The third kappa shape index (κ3) is 2.45. The molecule has 0 bridgehead atoms. The Hall–Kier alpha value is -1.92. The molecular formula is C12H18N4O3. The van der Waals surface area contributed by atoms with Gasteiger partial charge in [-0.05, 0) is 12.8 Å². The third-order valence-electron chi connectivity index (χ3n) is 3.47. The summed E-state index contributed by atoms with van der Waals surface area (Å²) in [5.41, 5.74) is -0.908. The van der Waals surface area contributed by atoms with Crippen molar-refractivity contribution in [3.8, 4) is 0 Å². The Bertz CT molecular complexity index is 604. The van der Waals surface area contributed by atoms with Crippen molar-refractivity contribution in [3.05, 3.63) is 21.0 Å². The molecule has 1 aliphatic carbocycles. The molecule has 0 atom stereocenters. The number of hydrogen-bond donors (Lipinski definition) is 0. The highest BCUT2D eigenvalue weighted by molar-refractivity contribution is 5.79. The van der Waals surface area contributed by atoms with Gasteiger partial charge in [0, 0.05) is 40.0 Å². The molecule has 19 heavy (non-hydrogen) atoms. The van der Waals surface area contributed by atoms with Gasteiger partial charge in [0.1, 0.15) is 5.78 Å². The lowest BCUT2D eigenvalue weighted by Crippen LogP contribution is -2.45. The van der Waals surface area contributed by atoms with Crippen LogP contribution in [0.1, 0.15) is 31.7 Å². The molecule has 0 radical (unpaired) electrons. The second kappa shape index (κ2) is 4.99. The molecule has 0 aliphatic heterocycles. The molecule has 7 nitrogen and oxygen atoms in total. The molecule has 1 heterocycles. The lowest BCUT2D eigenvalue weighted by molar-refractivity contribution is -0.120. The van der Waals surface area contributed by atoms with Crippen LogP contribution in [-0.4, -0.2) is 34.0 Å². The van der Waals surface area contributed by atoms with Crippen LogP contribution in [0.2, 0.25) is 0 Å². The van der Waals surface area contributed by atoms with E-state index in [0.29, 0.717) is 31.6 Å². The smallest absolute Gasteiger partial charge is 0.348 e. The maximum absolute atomic E-state index is 12.3. The van der Waals surface area contributed by atoms with Crippen LogP contribution in [-0.2, 0) is 11.8 Å². The number of carbonyl (C=O) groups is 1. The maximum atomic E-state index is 12.3. The van der Waals surface area contributed by atoms with Gasteiger partial charge in [0.15, 0.2) is 0 Å². The zero-order chi connectivity index (χ0) is 14.2. The SMILES string of the molecule is CN(C)c1nc(=O)n(C2CCC(=O)CC2)c(=O)n1C. The van der Waals surface area contributed by atoms with Gasteiger partial charge >= 0.3 is 11.4 Å². The fraction of sp³-hybridized carbons (Fsp3) is 0.667. The zero-order valence-corrected chi connectivity index (χ0v) is 11.4. The quantitative estimate of drug-likeness (QED) is 0.734. The second-order valence-electron chi connectivity index (χ2n) is 5.07. The second-order valence-corrected chi connectivity index (χ2v) is 5.07. The lowest BCUT2D eigenvalue weighted by Gasteiger charge is -2.23. The van der Waals surface area contributed by atoms with Gasteiger partial charge in [-0.1, -0.05) is 0 Å². The van der Waals surface area contributed by atoms with Crippen LogP contribution in [0.4, 0.5) is 5.95 Å². The van der Waals surface area contributed by atoms with E-state index in [1.807, 2.05) is 0 Å². The molecule has 1 saturated carbocycles. The number of Topliss-reactive ketones (excluding diaryl/α,β-unsaturated/α-hetero) is 1. The van der Waals surface area contributed by atoms with Gasteiger partial charge in [-0.25, -0.2) is 14.2 Å². The van der Waals surface area contributed by atoms with Crippen LogP contribution in [0.25, 0.3) is 0 Å². The maximum Gasteiger partial charge on any atom is 0.355 e. The van der Waals surface area contributed by atoms with E-state index < -0.39 is 5.69 Å². The van der Waals surface area contributed by atoms with E-state index in [-0.39, 0.29) is 17.5 Å². The largest absolute Gasteiger partial charge is 0.355 e. The predicted molar refractivity (Wildman–Crippen MR) is 70.6 cm³/mol. The molecule has 2 rings (SSSR count). The molecule has 1 aliphatic rings. The minimum absolute atomic E-state index is 0.194. The lowest BCUT2D eigenvalue weighted by atomic mass is 9.94. The van der Waals surface area contributed by atoms with Gasteiger partial charge in [0.05, 0.1) is 0 Å². The normalized spacial score (nSPS) is 16.7. The fourth-order valence-corrected chi connectivity index (χ4v) is 2.44. The standard InChI is InChI=1S/C12H18N4O3/c1-14(2)10-13-11(18)16(12(19)15(10)3)8-4-6-9(17)7-5-8/h8H,4-7H2,1-3H3. The van der Waals surface area contributed by atoms with Crippen molar-refractivity contribution in [1.29, 1.82) is 0 Å². The van der Waals surface area contributed by atoms with Gasteiger partial charge in [-0.2, -0.15) is 4.98 Å². The summed E-state index contributed by atoms with van der Waals surface area (Å²) in [6, 6.07) is -0.215. The minimum Gasteiger partial charge on any atom is -0.348 e. The van der Waals surface area contributed by atoms with E-state index in [1.54, 1.807) is 26.0 Å². The van der Waals surface area contributed by atoms with E-state index in [9.17, 15) is 14.4 Å². The molecule has 1 fully saturated rings. The van der Waals surface area contributed by atoms with E-state index in [0.717, 1.165) is 0 Å². The first-order valence-corrected chi connectivity index (χ1v) is 6.30. The molecule has 0 N–H and O–H groups in total. The molecule has 7 heteroatoms. The van der Waals surface area contributed by atoms with Crippen molar-refractivity contribution in [2.24, 2.45) is 7.05 Å². The summed E-state index contributed by atoms with van der Waals surface area (Å²) in [7, 11) is 5.05. The molecule has 1 aromatic heterocycles. The first-order chi connectivity index (χ1) is 8.91. The monoisotopic (exact) mass is 266 g/mol. The number of rotatable bonds is 2. The Morgan fingerprint density at radius 3 is 2.26 bits per heavy atom. The Kier molecular flexibility index (Phi) is 3.55. The molecule has 0 aromatic carbocycles. The van der Waals surface area contributed by atoms with Gasteiger partial charge in [0.25, 0.3) is 0 Å². The van der Waals surface area contributed by atoms with E-state index >= 15 is 0 Å². The summed E-state index contributed by atoms with van der Waals surface area (Å²) in [5.74, 6) is 0.525. The van der Waals surface area contributed by atoms with E-state index in [2.05, 4.69) is 4.98 Å². The molecule has 0 unspecified atom stereocenters. The van der Waals surface area contributed by atoms with Crippen LogP contribution in [0, 0.1) is 0 Å². The Balaban J connectivity index is 2.48. The highest BCUT2D eigenvalue weighted by Gasteiger charge is 2.24. The highest BCUT2D eigenvalue weighted by Crippen LogP contribution is 2.23. The molecule has 1 aromatic rings. The average molecular weight is 266 g/mol. The first kappa shape index (κ1) is 13.5. The number of carbonyl (C=O) groups excluding carboxylic acids is 1. The van der Waals surface area contributed by atoms with Crippen LogP contribution in [0.15, 0.2) is 9.59 Å². The summed E-state index contributed by atoms with van der Waals surface area (Å²) in [6.45, 7) is 0. The number of ketones is 1. The highest BCUT2D eigenvalue weighted by atomic mass is 16.2. The number of nitrogens with zero attached hydrogens (tertiary/aromatic N) is 4. The predicted octanol–water partition coefficient (Wildman–Crippen LogP) is -0.308. The van der Waals surface area contributed by atoms with Crippen molar-refractivity contribution < 1.29 is 4.79 Å². The molecular weight excluding hydrogens is 248 g/mol. The Morgan fingerprint density at radius 2 is 1.74 bits per heavy atom. The third-order valence-corrected chi connectivity index (χ3v) is 3.47. The van der Waals surface area contributed by atoms with Crippen molar-refractivity contribution in [1.82, 2.24) is 14.1 Å². The first-order valence-electron chi connectivity index (χ1n) is 6.30. The van der Waals surface area contributed by atoms with Crippen molar-refractivity contribution in [2.45, 2.75) is 31.7 Å². The molecule has 0 amide bonds. The van der Waals surface area contributed by atoms with Crippen molar-refractivity contribution in [3.63, 3.8) is 0 Å². The van der Waals surface area contributed by atoms with Gasteiger partial charge in [-0.15, -0.1) is 0 Å².